The minimum Gasteiger partial charge on any atom is -0.457 e. The van der Waals surface area contributed by atoms with Crippen molar-refractivity contribution in [2.45, 2.75) is 25.2 Å². The van der Waals surface area contributed by atoms with Crippen molar-refractivity contribution in [1.29, 1.82) is 0 Å². The van der Waals surface area contributed by atoms with E-state index in [9.17, 15) is 14.4 Å². The van der Waals surface area contributed by atoms with Gasteiger partial charge in [-0.05, 0) is 18.2 Å². The number of hydrogen-bond donors (Lipinski definition) is 1. The summed E-state index contributed by atoms with van der Waals surface area (Å²) in [6.07, 6.45) is -0.113. The van der Waals surface area contributed by atoms with Crippen molar-refractivity contribution < 1.29 is 28.5 Å². The highest BCUT2D eigenvalue weighted by Gasteiger charge is 2.51. The molecule has 0 amide bonds. The van der Waals surface area contributed by atoms with Gasteiger partial charge >= 0.3 is 11.9 Å². The molecule has 174 valence electrons. The molecule has 10 nitrogen and oxygen atoms in total. The summed E-state index contributed by atoms with van der Waals surface area (Å²) < 4.78 is 23.2. The Hall–Kier alpha value is -3.63. The Labute approximate surface area is 197 Å². The molecule has 2 aromatic heterocycles. The van der Waals surface area contributed by atoms with E-state index in [1.165, 1.54) is 0 Å². The van der Waals surface area contributed by atoms with Gasteiger partial charge in [-0.3, -0.25) is 9.59 Å². The first-order chi connectivity index (χ1) is 16.4. The number of hydrogen-bond acceptors (Lipinski definition) is 9. The van der Waals surface area contributed by atoms with E-state index in [-0.39, 0.29) is 43.1 Å². The molecule has 0 bridgehead atoms. The van der Waals surface area contributed by atoms with Gasteiger partial charge in [0.2, 0.25) is 12.4 Å². The van der Waals surface area contributed by atoms with Gasteiger partial charge in [0, 0.05) is 29.1 Å². The molecule has 0 radical (unpaired) electrons. The van der Waals surface area contributed by atoms with Crippen LogP contribution >= 0.6 is 11.6 Å². The molecule has 3 aliphatic rings. The number of ether oxygens (including phenoxy) is 4. The molecule has 0 saturated heterocycles. The van der Waals surface area contributed by atoms with E-state index in [1.54, 1.807) is 16.7 Å². The van der Waals surface area contributed by atoms with Crippen LogP contribution in [0, 0.1) is 0 Å². The van der Waals surface area contributed by atoms with E-state index in [1.807, 2.05) is 12.1 Å². The van der Waals surface area contributed by atoms with Crippen molar-refractivity contribution in [1.82, 2.24) is 9.55 Å². The van der Waals surface area contributed by atoms with Gasteiger partial charge in [0.25, 0.3) is 5.56 Å². The Balaban J connectivity index is 1.54. The molecule has 2 N–H and O–H groups in total. The van der Waals surface area contributed by atoms with Gasteiger partial charge in [-0.2, -0.15) is 0 Å². The number of carbonyl (C=O) groups is 2. The Morgan fingerprint density at radius 3 is 2.74 bits per heavy atom. The van der Waals surface area contributed by atoms with Crippen LogP contribution < -0.4 is 20.8 Å². The van der Waals surface area contributed by atoms with Crippen molar-refractivity contribution in [3.63, 3.8) is 0 Å². The summed E-state index contributed by atoms with van der Waals surface area (Å²) >= 11 is 6.18. The third-order valence-corrected chi connectivity index (χ3v) is 6.67. The van der Waals surface area contributed by atoms with Gasteiger partial charge in [-0.15, -0.1) is 11.6 Å². The molecule has 11 heteroatoms. The first kappa shape index (κ1) is 20.9. The second-order valence-corrected chi connectivity index (χ2v) is 8.52. The van der Waals surface area contributed by atoms with Crippen LogP contribution in [0.1, 0.15) is 23.1 Å². The van der Waals surface area contributed by atoms with Crippen molar-refractivity contribution in [2.24, 2.45) is 5.73 Å². The zero-order chi connectivity index (χ0) is 23.6. The molecular formula is C23H18ClN3O7. The second-order valence-electron chi connectivity index (χ2n) is 8.26. The predicted molar refractivity (Wildman–Crippen MR) is 119 cm³/mol. The lowest BCUT2D eigenvalue weighted by Gasteiger charge is -2.34. The normalized spacial score (nSPS) is 19.4. The van der Waals surface area contributed by atoms with E-state index in [4.69, 9.17) is 41.3 Å². The quantitative estimate of drug-likeness (QED) is 0.339. The number of rotatable bonds is 4. The van der Waals surface area contributed by atoms with Crippen LogP contribution in [0.25, 0.3) is 22.3 Å². The molecule has 1 atom stereocenters. The summed E-state index contributed by atoms with van der Waals surface area (Å²) in [6.45, 7) is 0.237. The standard InChI is InChI=1S/C23H18ClN3O7/c24-9-23(34-19(28)1-2-25)14-5-16-20-12(7-27(16)21(29)13(14)8-31-22(23)30)3-11-4-17-18(33-10-32-17)6-15(11)26-20/h3-6H,1-2,7-10,25H2/t23-/m1/s1. The number of fused-ring (bicyclic) bond motifs is 6. The van der Waals surface area contributed by atoms with E-state index in [0.717, 1.165) is 10.9 Å². The van der Waals surface area contributed by atoms with Crippen LogP contribution in [0.3, 0.4) is 0 Å². The first-order valence-electron chi connectivity index (χ1n) is 10.6. The average Bonchev–Trinajstić information content (AvgIpc) is 3.42. The lowest BCUT2D eigenvalue weighted by molar-refractivity contribution is -0.185. The minimum absolute atomic E-state index is 0.0365. The highest BCUT2D eigenvalue weighted by atomic mass is 35.5. The van der Waals surface area contributed by atoms with Crippen molar-refractivity contribution in [2.75, 3.05) is 19.2 Å². The van der Waals surface area contributed by atoms with Crippen LogP contribution in [0.2, 0.25) is 0 Å². The molecule has 0 aliphatic carbocycles. The molecule has 0 spiro atoms. The fourth-order valence-electron chi connectivity index (χ4n) is 4.64. The topological polar surface area (TPSA) is 132 Å². The summed E-state index contributed by atoms with van der Waals surface area (Å²) in [5.74, 6) is -0.730. The van der Waals surface area contributed by atoms with Crippen molar-refractivity contribution in [3.05, 3.63) is 51.3 Å². The summed E-state index contributed by atoms with van der Waals surface area (Å²) in [7, 11) is 0. The second kappa shape index (κ2) is 7.44. The first-order valence-corrected chi connectivity index (χ1v) is 11.1. The molecular weight excluding hydrogens is 466 g/mol. The number of esters is 2. The van der Waals surface area contributed by atoms with Crippen LogP contribution in [0.5, 0.6) is 11.5 Å². The van der Waals surface area contributed by atoms with Gasteiger partial charge in [-0.1, -0.05) is 0 Å². The number of pyridine rings is 2. The SMILES string of the molecule is NCCC(=O)O[C@@]1(CCl)C(=O)OCc2c1cc1n(c2=O)Cc2cc3cc4c(cc3nc2-1)OCO4. The highest BCUT2D eigenvalue weighted by molar-refractivity contribution is 6.20. The maximum atomic E-state index is 13.5. The van der Waals surface area contributed by atoms with Gasteiger partial charge in [0.15, 0.2) is 11.5 Å². The number of halogens is 1. The third kappa shape index (κ3) is 2.85. The van der Waals surface area contributed by atoms with Crippen LogP contribution in [0.15, 0.2) is 29.1 Å². The molecule has 1 aromatic carbocycles. The average molecular weight is 484 g/mol. The lowest BCUT2D eigenvalue weighted by atomic mass is 9.89. The molecule has 3 aliphatic heterocycles. The monoisotopic (exact) mass is 483 g/mol. The molecule has 0 fully saturated rings. The smallest absolute Gasteiger partial charge is 0.357 e. The number of aromatic nitrogens is 2. The van der Waals surface area contributed by atoms with Gasteiger partial charge in [0.1, 0.15) is 6.61 Å². The maximum Gasteiger partial charge on any atom is 0.357 e. The third-order valence-electron chi connectivity index (χ3n) is 6.30. The zero-order valence-corrected chi connectivity index (χ0v) is 18.5. The Bertz CT molecular complexity index is 1470. The number of nitrogens with two attached hydrogens (primary N) is 1. The van der Waals surface area contributed by atoms with Gasteiger partial charge in [-0.25, -0.2) is 9.78 Å². The summed E-state index contributed by atoms with van der Waals surface area (Å²) in [6, 6.07) is 7.23. The summed E-state index contributed by atoms with van der Waals surface area (Å²) in [5.41, 5.74) is 6.14. The van der Waals surface area contributed by atoms with E-state index >= 15 is 0 Å². The number of nitrogens with zero attached hydrogens (tertiary/aromatic N) is 2. The van der Waals surface area contributed by atoms with Crippen LogP contribution in [-0.4, -0.2) is 40.7 Å². The summed E-state index contributed by atoms with van der Waals surface area (Å²) in [5, 5.41) is 0.845. The summed E-state index contributed by atoms with van der Waals surface area (Å²) in [4.78, 5) is 43.4. The van der Waals surface area contributed by atoms with E-state index in [0.29, 0.717) is 34.9 Å². The molecule has 3 aromatic rings. The lowest BCUT2D eigenvalue weighted by Crippen LogP contribution is -2.49. The molecule has 0 saturated carbocycles. The fourth-order valence-corrected chi connectivity index (χ4v) is 4.95. The maximum absolute atomic E-state index is 13.5. The zero-order valence-electron chi connectivity index (χ0n) is 17.8. The molecule has 34 heavy (non-hydrogen) atoms. The van der Waals surface area contributed by atoms with Crippen molar-refractivity contribution >= 4 is 34.4 Å². The van der Waals surface area contributed by atoms with Gasteiger partial charge in [0.05, 0.1) is 41.3 Å². The Kier molecular flexibility index (Phi) is 4.58. The van der Waals surface area contributed by atoms with E-state index < -0.39 is 23.4 Å². The Morgan fingerprint density at radius 1 is 1.18 bits per heavy atom. The number of cyclic esters (lactones) is 1. The van der Waals surface area contributed by atoms with Crippen LogP contribution in [-0.2, 0) is 37.8 Å². The Morgan fingerprint density at radius 2 is 1.97 bits per heavy atom. The van der Waals surface area contributed by atoms with Crippen molar-refractivity contribution in [3.8, 4) is 22.9 Å². The molecule has 5 heterocycles. The predicted octanol–water partition coefficient (Wildman–Crippen LogP) is 1.54. The highest BCUT2D eigenvalue weighted by Crippen LogP contribution is 2.41. The fraction of sp³-hybridized carbons (Fsp3) is 0.304. The largest absolute Gasteiger partial charge is 0.457 e. The van der Waals surface area contributed by atoms with E-state index in [2.05, 4.69) is 0 Å². The molecule has 0 unspecified atom stereocenters. The van der Waals surface area contributed by atoms with Crippen LogP contribution in [0.4, 0.5) is 0 Å². The number of benzene rings is 1. The van der Waals surface area contributed by atoms with Gasteiger partial charge < -0.3 is 29.2 Å². The number of carbonyl (C=O) groups excluding carboxylic acids is 2. The molecule has 6 rings (SSSR count). The minimum atomic E-state index is -1.94. The number of alkyl halides is 1.